The third-order valence-electron chi connectivity index (χ3n) is 2.95. The van der Waals surface area contributed by atoms with Gasteiger partial charge >= 0.3 is 0 Å². The number of halogens is 2. The summed E-state index contributed by atoms with van der Waals surface area (Å²) in [6.07, 6.45) is 1.00. The molecule has 0 aromatic heterocycles. The highest BCUT2D eigenvalue weighted by atomic mass is 35.5. The van der Waals surface area contributed by atoms with Crippen molar-refractivity contribution in [3.05, 3.63) is 27.7 Å². The summed E-state index contributed by atoms with van der Waals surface area (Å²) >= 11 is 12.0. The molecule has 0 N–H and O–H groups in total. The molecule has 0 saturated carbocycles. The minimum absolute atomic E-state index is 0.586. The van der Waals surface area contributed by atoms with Crippen molar-refractivity contribution in [2.45, 2.75) is 27.2 Å². The van der Waals surface area contributed by atoms with E-state index in [-0.39, 0.29) is 0 Å². The van der Waals surface area contributed by atoms with Gasteiger partial charge in [-0.15, -0.1) is 0 Å². The van der Waals surface area contributed by atoms with Crippen molar-refractivity contribution in [3.63, 3.8) is 0 Å². The van der Waals surface area contributed by atoms with E-state index in [4.69, 9.17) is 27.9 Å². The number of rotatable bonds is 7. The second-order valence-corrected chi connectivity index (χ2v) is 5.11. The zero-order valence-corrected chi connectivity index (χ0v) is 12.8. The summed E-state index contributed by atoms with van der Waals surface area (Å²) in [4.78, 5) is 2.37. The molecule has 0 aliphatic heterocycles. The third-order valence-corrected chi connectivity index (χ3v) is 3.45. The van der Waals surface area contributed by atoms with E-state index >= 15 is 0 Å². The lowest BCUT2D eigenvalue weighted by Crippen LogP contribution is -2.25. The Balaban J connectivity index is 2.44. The molecular weight excluding hydrogens is 269 g/mol. The molecule has 0 spiro atoms. The van der Waals surface area contributed by atoms with E-state index in [9.17, 15) is 0 Å². The quantitative estimate of drug-likeness (QED) is 0.690. The molecule has 0 radical (unpaired) electrons. The van der Waals surface area contributed by atoms with Crippen molar-refractivity contribution in [1.29, 1.82) is 0 Å². The molecule has 0 saturated heterocycles. The van der Waals surface area contributed by atoms with E-state index in [0.29, 0.717) is 16.7 Å². The van der Waals surface area contributed by atoms with E-state index in [1.807, 2.05) is 13.0 Å². The van der Waals surface area contributed by atoms with Gasteiger partial charge in [0.25, 0.3) is 0 Å². The maximum Gasteiger partial charge on any atom is 0.140 e. The lowest BCUT2D eigenvalue weighted by molar-refractivity contribution is 0.248. The van der Waals surface area contributed by atoms with Gasteiger partial charge in [0.15, 0.2) is 0 Å². The van der Waals surface area contributed by atoms with Crippen LogP contribution in [0.4, 0.5) is 0 Å². The normalized spacial score (nSPS) is 11.0. The van der Waals surface area contributed by atoms with E-state index in [1.165, 1.54) is 0 Å². The minimum Gasteiger partial charge on any atom is -0.492 e. The van der Waals surface area contributed by atoms with Crippen molar-refractivity contribution in [2.24, 2.45) is 0 Å². The largest absolute Gasteiger partial charge is 0.492 e. The molecule has 1 aromatic rings. The molecule has 0 aliphatic carbocycles. The van der Waals surface area contributed by atoms with Gasteiger partial charge in [0.2, 0.25) is 0 Å². The number of ether oxygens (including phenoxy) is 1. The zero-order chi connectivity index (χ0) is 13.5. The van der Waals surface area contributed by atoms with Crippen LogP contribution in [0, 0.1) is 6.92 Å². The smallest absolute Gasteiger partial charge is 0.140 e. The fourth-order valence-corrected chi connectivity index (χ4v) is 2.52. The molecule has 0 amide bonds. The Bertz CT molecular complexity index is 355. The molecule has 18 heavy (non-hydrogen) atoms. The summed E-state index contributed by atoms with van der Waals surface area (Å²) in [5.41, 5.74) is 0.982. The third kappa shape index (κ3) is 4.68. The highest BCUT2D eigenvalue weighted by Gasteiger charge is 2.07. The molecule has 0 heterocycles. The molecule has 2 nitrogen and oxygen atoms in total. The fraction of sp³-hybridized carbons (Fsp3) is 0.571. The molecule has 1 aromatic carbocycles. The molecule has 0 aliphatic rings. The zero-order valence-electron chi connectivity index (χ0n) is 11.3. The van der Waals surface area contributed by atoms with Crippen LogP contribution < -0.4 is 4.74 Å². The second-order valence-electron chi connectivity index (χ2n) is 4.26. The average molecular weight is 290 g/mol. The first-order valence-corrected chi connectivity index (χ1v) is 7.14. The molecule has 0 unspecified atom stereocenters. The highest BCUT2D eigenvalue weighted by molar-refractivity contribution is 6.35. The first-order chi connectivity index (χ1) is 8.58. The van der Waals surface area contributed by atoms with Crippen molar-refractivity contribution < 1.29 is 4.74 Å². The van der Waals surface area contributed by atoms with E-state index < -0.39 is 0 Å². The number of benzene rings is 1. The molecule has 102 valence electrons. The van der Waals surface area contributed by atoms with Crippen molar-refractivity contribution in [2.75, 3.05) is 26.2 Å². The number of hydrogen-bond acceptors (Lipinski definition) is 2. The second kappa shape index (κ2) is 7.88. The standard InChI is InChI=1S/C14H21Cl2NO/c1-4-17(5-2)7-6-8-18-14-11(3)9-12(15)10-13(14)16/h9-10H,4-8H2,1-3H3. The van der Waals surface area contributed by atoms with Crippen molar-refractivity contribution in [3.8, 4) is 5.75 Å². The van der Waals surface area contributed by atoms with Gasteiger partial charge in [-0.1, -0.05) is 37.0 Å². The van der Waals surface area contributed by atoms with Gasteiger partial charge in [-0.05, 0) is 44.1 Å². The summed E-state index contributed by atoms with van der Waals surface area (Å²) in [6, 6.07) is 3.59. The highest BCUT2D eigenvalue weighted by Crippen LogP contribution is 2.31. The number of nitrogens with zero attached hydrogens (tertiary/aromatic N) is 1. The predicted octanol–water partition coefficient (Wildman–Crippen LogP) is 4.41. The first kappa shape index (κ1) is 15.6. The van der Waals surface area contributed by atoms with Crippen molar-refractivity contribution >= 4 is 23.2 Å². The van der Waals surface area contributed by atoms with Crippen LogP contribution in [0.1, 0.15) is 25.8 Å². The maximum atomic E-state index is 6.11. The minimum atomic E-state index is 0.586. The van der Waals surface area contributed by atoms with Gasteiger partial charge < -0.3 is 9.64 Å². The Morgan fingerprint density at radius 3 is 2.39 bits per heavy atom. The van der Waals surface area contributed by atoms with Crippen LogP contribution in [0.15, 0.2) is 12.1 Å². The Labute approximate surface area is 120 Å². The Morgan fingerprint density at radius 2 is 1.83 bits per heavy atom. The van der Waals surface area contributed by atoms with Gasteiger partial charge in [-0.2, -0.15) is 0 Å². The predicted molar refractivity (Wildman–Crippen MR) is 79.1 cm³/mol. The molecule has 4 heteroatoms. The van der Waals surface area contributed by atoms with Crippen molar-refractivity contribution in [1.82, 2.24) is 4.90 Å². The van der Waals surface area contributed by atoms with Gasteiger partial charge in [0.05, 0.1) is 11.6 Å². The Hall–Kier alpha value is -0.440. The van der Waals surface area contributed by atoms with Gasteiger partial charge in [-0.3, -0.25) is 0 Å². The average Bonchev–Trinajstić information content (AvgIpc) is 2.32. The molecular formula is C14H21Cl2NO. The molecule has 0 bridgehead atoms. The Kier molecular flexibility index (Phi) is 6.83. The lowest BCUT2D eigenvalue weighted by atomic mass is 10.2. The molecule has 1 rings (SSSR count). The number of aryl methyl sites for hydroxylation is 1. The summed E-state index contributed by atoms with van der Waals surface area (Å²) in [5, 5.41) is 1.23. The van der Waals surface area contributed by atoms with Crippen LogP contribution in [0.3, 0.4) is 0 Å². The monoisotopic (exact) mass is 289 g/mol. The van der Waals surface area contributed by atoms with Crippen LogP contribution in [-0.2, 0) is 0 Å². The van der Waals surface area contributed by atoms with Crippen LogP contribution in [0.5, 0.6) is 5.75 Å². The summed E-state index contributed by atoms with van der Waals surface area (Å²) in [6.45, 7) is 10.2. The topological polar surface area (TPSA) is 12.5 Å². The van der Waals surface area contributed by atoms with Gasteiger partial charge in [0, 0.05) is 11.6 Å². The molecule has 0 atom stereocenters. The van der Waals surface area contributed by atoms with Crippen LogP contribution in [0.2, 0.25) is 10.0 Å². The van der Waals surface area contributed by atoms with E-state index in [0.717, 1.165) is 37.4 Å². The van der Waals surface area contributed by atoms with Gasteiger partial charge in [0.1, 0.15) is 5.75 Å². The van der Waals surface area contributed by atoms with Crippen LogP contribution >= 0.6 is 23.2 Å². The lowest BCUT2D eigenvalue weighted by Gasteiger charge is -2.18. The van der Waals surface area contributed by atoms with E-state index in [2.05, 4.69) is 18.7 Å². The van der Waals surface area contributed by atoms with Crippen LogP contribution in [-0.4, -0.2) is 31.1 Å². The summed E-state index contributed by atoms with van der Waals surface area (Å²) < 4.78 is 5.74. The Morgan fingerprint density at radius 1 is 1.17 bits per heavy atom. The fourth-order valence-electron chi connectivity index (χ4n) is 1.87. The van der Waals surface area contributed by atoms with Crippen LogP contribution in [0.25, 0.3) is 0 Å². The maximum absolute atomic E-state index is 6.11. The van der Waals surface area contributed by atoms with Gasteiger partial charge in [-0.25, -0.2) is 0 Å². The first-order valence-electron chi connectivity index (χ1n) is 6.39. The summed E-state index contributed by atoms with van der Waals surface area (Å²) in [7, 11) is 0. The summed E-state index contributed by atoms with van der Waals surface area (Å²) in [5.74, 6) is 0.751. The number of hydrogen-bond donors (Lipinski definition) is 0. The molecule has 0 fully saturated rings. The SMILES string of the molecule is CCN(CC)CCCOc1c(C)cc(Cl)cc1Cl. The van der Waals surface area contributed by atoms with E-state index in [1.54, 1.807) is 6.07 Å².